The van der Waals surface area contributed by atoms with Gasteiger partial charge in [-0.25, -0.2) is 4.39 Å². The molecule has 1 atom stereocenters. The molecule has 0 amide bonds. The average molecular weight is 278 g/mol. The molecule has 1 heterocycles. The van der Waals surface area contributed by atoms with Crippen molar-refractivity contribution >= 4 is 0 Å². The van der Waals surface area contributed by atoms with E-state index in [9.17, 15) is 4.39 Å². The Hall–Kier alpha value is -0.930. The number of hydrogen-bond acceptors (Lipinski definition) is 2. The number of nitrogens with zero attached hydrogens (tertiary/aromatic N) is 1. The molecule has 0 bridgehead atoms. The van der Waals surface area contributed by atoms with Crippen LogP contribution in [0.3, 0.4) is 0 Å². The van der Waals surface area contributed by atoms with Crippen molar-refractivity contribution in [2.45, 2.75) is 52.7 Å². The summed E-state index contributed by atoms with van der Waals surface area (Å²) in [7, 11) is 0. The molecule has 20 heavy (non-hydrogen) atoms. The minimum absolute atomic E-state index is 0.0457. The van der Waals surface area contributed by atoms with Crippen molar-refractivity contribution in [1.82, 2.24) is 10.2 Å². The number of hydrogen-bond donors (Lipinski definition) is 1. The summed E-state index contributed by atoms with van der Waals surface area (Å²) in [4.78, 5) is 2.40. The van der Waals surface area contributed by atoms with Crippen LogP contribution in [-0.4, -0.2) is 29.6 Å². The zero-order valence-corrected chi connectivity index (χ0v) is 13.3. The molecule has 1 N–H and O–H groups in total. The van der Waals surface area contributed by atoms with Crippen molar-refractivity contribution in [3.63, 3.8) is 0 Å². The molecule has 0 aliphatic carbocycles. The third-order valence-corrected chi connectivity index (χ3v) is 4.40. The molecule has 1 saturated heterocycles. The van der Waals surface area contributed by atoms with Crippen LogP contribution in [0.5, 0.6) is 0 Å². The number of halogens is 1. The summed E-state index contributed by atoms with van der Waals surface area (Å²) in [5.74, 6) is -0.103. The van der Waals surface area contributed by atoms with Crippen LogP contribution in [0.4, 0.5) is 4.39 Å². The third-order valence-electron chi connectivity index (χ3n) is 4.40. The highest BCUT2D eigenvalue weighted by atomic mass is 19.1. The molecule has 1 fully saturated rings. The largest absolute Gasteiger partial charge is 0.310 e. The summed E-state index contributed by atoms with van der Waals surface area (Å²) in [5, 5.41) is 3.64. The Morgan fingerprint density at radius 2 is 1.95 bits per heavy atom. The third kappa shape index (κ3) is 3.39. The Morgan fingerprint density at radius 3 is 2.55 bits per heavy atom. The molecular weight excluding hydrogens is 251 g/mol. The van der Waals surface area contributed by atoms with Gasteiger partial charge in [0, 0.05) is 36.8 Å². The van der Waals surface area contributed by atoms with Crippen molar-refractivity contribution in [2.24, 2.45) is 5.41 Å². The standard InChI is InChI=1S/C17H27FN2/c1-16(2,3)15-11-20(17(4,5)12-19-15)10-13-8-6-7-9-14(13)18/h6-9,15,19H,10-12H2,1-5H3. The molecule has 1 unspecified atom stereocenters. The van der Waals surface area contributed by atoms with E-state index in [1.54, 1.807) is 12.1 Å². The lowest BCUT2D eigenvalue weighted by molar-refractivity contribution is 0.0288. The first-order valence-electron chi connectivity index (χ1n) is 7.42. The molecular formula is C17H27FN2. The minimum atomic E-state index is -0.103. The molecule has 1 aromatic rings. The van der Waals surface area contributed by atoms with Crippen molar-refractivity contribution in [1.29, 1.82) is 0 Å². The Bertz CT molecular complexity index is 462. The van der Waals surface area contributed by atoms with E-state index in [0.29, 0.717) is 12.6 Å². The van der Waals surface area contributed by atoms with Gasteiger partial charge in [-0.05, 0) is 25.3 Å². The Balaban J connectivity index is 2.17. The second-order valence-electron chi connectivity index (χ2n) is 7.58. The van der Waals surface area contributed by atoms with Gasteiger partial charge >= 0.3 is 0 Å². The number of benzene rings is 1. The molecule has 0 aromatic heterocycles. The van der Waals surface area contributed by atoms with Crippen LogP contribution in [0.2, 0.25) is 0 Å². The summed E-state index contributed by atoms with van der Waals surface area (Å²) < 4.78 is 13.9. The van der Waals surface area contributed by atoms with Crippen molar-refractivity contribution < 1.29 is 4.39 Å². The van der Waals surface area contributed by atoms with E-state index in [1.165, 1.54) is 0 Å². The molecule has 1 aromatic carbocycles. The quantitative estimate of drug-likeness (QED) is 0.891. The van der Waals surface area contributed by atoms with Crippen LogP contribution in [0.25, 0.3) is 0 Å². The van der Waals surface area contributed by atoms with Crippen molar-refractivity contribution in [3.8, 4) is 0 Å². The number of piperazine rings is 1. The van der Waals surface area contributed by atoms with E-state index in [1.807, 2.05) is 12.1 Å². The zero-order chi connectivity index (χ0) is 15.0. The molecule has 112 valence electrons. The second-order valence-corrected chi connectivity index (χ2v) is 7.58. The predicted molar refractivity (Wildman–Crippen MR) is 82.1 cm³/mol. The smallest absolute Gasteiger partial charge is 0.127 e. The van der Waals surface area contributed by atoms with Crippen LogP contribution >= 0.6 is 0 Å². The first kappa shape index (κ1) is 15.5. The fourth-order valence-corrected chi connectivity index (χ4v) is 2.71. The lowest BCUT2D eigenvalue weighted by atomic mass is 9.82. The van der Waals surface area contributed by atoms with E-state index in [2.05, 4.69) is 44.8 Å². The lowest BCUT2D eigenvalue weighted by Crippen LogP contribution is -2.64. The summed E-state index contributed by atoms with van der Waals surface area (Å²) in [5.41, 5.74) is 1.05. The lowest BCUT2D eigenvalue weighted by Gasteiger charge is -2.49. The van der Waals surface area contributed by atoms with Gasteiger partial charge < -0.3 is 5.32 Å². The highest BCUT2D eigenvalue weighted by Gasteiger charge is 2.38. The molecule has 0 saturated carbocycles. The van der Waals surface area contributed by atoms with Crippen LogP contribution < -0.4 is 5.32 Å². The first-order chi connectivity index (χ1) is 9.20. The minimum Gasteiger partial charge on any atom is -0.310 e. The molecule has 2 nitrogen and oxygen atoms in total. The van der Waals surface area contributed by atoms with Gasteiger partial charge in [0.1, 0.15) is 5.82 Å². The van der Waals surface area contributed by atoms with Gasteiger partial charge in [0.05, 0.1) is 0 Å². The normalized spacial score (nSPS) is 23.8. The van der Waals surface area contributed by atoms with Crippen molar-refractivity contribution in [3.05, 3.63) is 35.6 Å². The number of nitrogens with one attached hydrogen (secondary N) is 1. The topological polar surface area (TPSA) is 15.3 Å². The van der Waals surface area contributed by atoms with Gasteiger partial charge in [0.15, 0.2) is 0 Å². The fourth-order valence-electron chi connectivity index (χ4n) is 2.71. The van der Waals surface area contributed by atoms with E-state index >= 15 is 0 Å². The van der Waals surface area contributed by atoms with Crippen molar-refractivity contribution in [2.75, 3.05) is 13.1 Å². The van der Waals surface area contributed by atoms with Gasteiger partial charge in [0.2, 0.25) is 0 Å². The Labute approximate surface area is 122 Å². The van der Waals surface area contributed by atoms with Crippen LogP contribution in [-0.2, 0) is 6.54 Å². The van der Waals surface area contributed by atoms with E-state index in [-0.39, 0.29) is 16.8 Å². The van der Waals surface area contributed by atoms with Crippen LogP contribution in [0.1, 0.15) is 40.2 Å². The molecule has 1 aliphatic rings. The fraction of sp³-hybridized carbons (Fsp3) is 0.647. The van der Waals surface area contributed by atoms with Gasteiger partial charge in [-0.3, -0.25) is 4.90 Å². The number of rotatable bonds is 2. The maximum absolute atomic E-state index is 13.9. The highest BCUT2D eigenvalue weighted by molar-refractivity contribution is 5.18. The predicted octanol–water partition coefficient (Wildman–Crippen LogP) is 3.42. The molecule has 1 aliphatic heterocycles. The van der Waals surface area contributed by atoms with E-state index in [4.69, 9.17) is 0 Å². The summed E-state index contributed by atoms with van der Waals surface area (Å²) in [6.45, 7) is 13.8. The molecule has 2 rings (SSSR count). The molecule has 3 heteroatoms. The highest BCUT2D eigenvalue weighted by Crippen LogP contribution is 2.29. The van der Waals surface area contributed by atoms with Gasteiger partial charge in [-0.15, -0.1) is 0 Å². The van der Waals surface area contributed by atoms with Gasteiger partial charge in [-0.2, -0.15) is 0 Å². The first-order valence-corrected chi connectivity index (χ1v) is 7.42. The summed E-state index contributed by atoms with van der Waals surface area (Å²) in [6.07, 6.45) is 0. The maximum Gasteiger partial charge on any atom is 0.127 e. The summed E-state index contributed by atoms with van der Waals surface area (Å²) >= 11 is 0. The maximum atomic E-state index is 13.9. The Morgan fingerprint density at radius 1 is 1.30 bits per heavy atom. The average Bonchev–Trinajstić information content (AvgIpc) is 2.32. The van der Waals surface area contributed by atoms with E-state index < -0.39 is 0 Å². The van der Waals surface area contributed by atoms with Gasteiger partial charge in [0.25, 0.3) is 0 Å². The Kier molecular flexibility index (Phi) is 4.22. The zero-order valence-electron chi connectivity index (χ0n) is 13.3. The van der Waals surface area contributed by atoms with Gasteiger partial charge in [-0.1, -0.05) is 39.0 Å². The molecule has 0 radical (unpaired) electrons. The monoisotopic (exact) mass is 278 g/mol. The summed E-state index contributed by atoms with van der Waals surface area (Å²) in [6, 6.07) is 7.53. The van der Waals surface area contributed by atoms with Crippen LogP contribution in [0.15, 0.2) is 24.3 Å². The molecule has 0 spiro atoms. The second kappa shape index (κ2) is 5.45. The van der Waals surface area contributed by atoms with E-state index in [0.717, 1.165) is 18.7 Å². The SMILES string of the molecule is CC(C)(C)C1CN(Cc2ccccc2F)C(C)(C)CN1. The van der Waals surface area contributed by atoms with Crippen LogP contribution in [0, 0.1) is 11.2 Å².